The zero-order chi connectivity index (χ0) is 29.2. The second-order valence-corrected chi connectivity index (χ2v) is 10.8. The van der Waals surface area contributed by atoms with Gasteiger partial charge in [-0.2, -0.15) is 0 Å². The van der Waals surface area contributed by atoms with Crippen molar-refractivity contribution in [1.82, 2.24) is 9.36 Å². The molecule has 208 valence electrons. The monoisotopic (exact) mass is 586 g/mol. The summed E-state index contributed by atoms with van der Waals surface area (Å²) in [5, 5.41) is 2.40. The molecule has 1 aromatic heterocycles. The van der Waals surface area contributed by atoms with Gasteiger partial charge in [-0.15, -0.1) is 0 Å². The Bertz CT molecular complexity index is 1750. The van der Waals surface area contributed by atoms with Gasteiger partial charge in [-0.25, -0.2) is 22.3 Å². The summed E-state index contributed by atoms with van der Waals surface area (Å²) in [5.41, 5.74) is 0.399. The Balaban J connectivity index is 1.51. The Hall–Kier alpha value is -4.42. The molecule has 0 spiro atoms. The fraction of sp³-hybridized carbons (Fsp3) is 0.148. The number of sulfonamides is 1. The highest BCUT2D eigenvalue weighted by atomic mass is 35.5. The second-order valence-electron chi connectivity index (χ2n) is 8.73. The molecule has 2 N–H and O–H groups in total. The quantitative estimate of drug-likeness (QED) is 0.297. The van der Waals surface area contributed by atoms with Crippen LogP contribution in [0.3, 0.4) is 0 Å². The Labute approximate surface area is 234 Å². The van der Waals surface area contributed by atoms with E-state index in [1.54, 1.807) is 42.9 Å². The van der Waals surface area contributed by atoms with E-state index in [1.807, 2.05) is 6.07 Å². The highest BCUT2D eigenvalue weighted by Gasteiger charge is 2.26. The van der Waals surface area contributed by atoms with E-state index in [1.165, 1.54) is 35.9 Å². The second kappa shape index (κ2) is 11.4. The van der Waals surface area contributed by atoms with Crippen LogP contribution in [0.4, 0.5) is 15.8 Å². The number of rotatable bonds is 8. The zero-order valence-electron chi connectivity index (χ0n) is 21.5. The van der Waals surface area contributed by atoms with Crippen molar-refractivity contribution in [2.24, 2.45) is 7.05 Å². The largest absolute Gasteiger partial charge is 0.449 e. The Morgan fingerprint density at radius 1 is 1.02 bits per heavy atom. The van der Waals surface area contributed by atoms with E-state index in [0.29, 0.717) is 11.4 Å². The maximum Gasteiger partial charge on any atom is 0.340 e. The number of esters is 1. The van der Waals surface area contributed by atoms with Crippen molar-refractivity contribution in [3.63, 3.8) is 0 Å². The number of amides is 1. The van der Waals surface area contributed by atoms with Crippen molar-refractivity contribution in [2.75, 3.05) is 10.0 Å². The van der Waals surface area contributed by atoms with E-state index in [4.69, 9.17) is 16.3 Å². The van der Waals surface area contributed by atoms with Crippen LogP contribution in [0, 0.1) is 12.7 Å². The molecule has 4 rings (SSSR count). The molecule has 0 saturated heterocycles. The van der Waals surface area contributed by atoms with Gasteiger partial charge in [0.05, 0.1) is 26.9 Å². The van der Waals surface area contributed by atoms with Crippen LogP contribution >= 0.6 is 11.6 Å². The number of ether oxygens (including phenoxy) is 1. The number of benzene rings is 3. The molecule has 13 heteroatoms. The number of nitrogens with one attached hydrogen (secondary N) is 2. The van der Waals surface area contributed by atoms with Crippen LogP contribution in [0.5, 0.6) is 0 Å². The predicted molar refractivity (Wildman–Crippen MR) is 148 cm³/mol. The van der Waals surface area contributed by atoms with E-state index in [2.05, 4.69) is 10.0 Å². The minimum absolute atomic E-state index is 0.0113. The van der Waals surface area contributed by atoms with Gasteiger partial charge in [0.25, 0.3) is 21.5 Å². The highest BCUT2D eigenvalue weighted by Crippen LogP contribution is 2.24. The van der Waals surface area contributed by atoms with E-state index in [0.717, 1.165) is 18.2 Å². The summed E-state index contributed by atoms with van der Waals surface area (Å²) >= 11 is 6.13. The van der Waals surface area contributed by atoms with Crippen molar-refractivity contribution in [1.29, 1.82) is 0 Å². The molecule has 0 aliphatic rings. The Kier molecular flexibility index (Phi) is 8.12. The van der Waals surface area contributed by atoms with Crippen molar-refractivity contribution in [3.05, 3.63) is 105 Å². The van der Waals surface area contributed by atoms with Gasteiger partial charge in [-0.05, 0) is 68.4 Å². The molecule has 1 heterocycles. The molecule has 0 bridgehead atoms. The molecular formula is C27H24ClFN4O6S. The molecule has 3 aromatic carbocycles. The van der Waals surface area contributed by atoms with Gasteiger partial charge in [0, 0.05) is 12.7 Å². The van der Waals surface area contributed by atoms with Gasteiger partial charge in [0.2, 0.25) is 0 Å². The normalized spacial score (nSPS) is 12.0. The molecule has 1 unspecified atom stereocenters. The van der Waals surface area contributed by atoms with Crippen LogP contribution < -0.4 is 15.6 Å². The minimum Gasteiger partial charge on any atom is -0.449 e. The molecule has 0 aliphatic carbocycles. The zero-order valence-corrected chi connectivity index (χ0v) is 23.1. The number of hydrogen-bond donors (Lipinski definition) is 2. The number of carbonyl (C=O) groups excluding carboxylic acids is 2. The number of hydrogen-bond acceptors (Lipinski definition) is 6. The maximum atomic E-state index is 13.2. The van der Waals surface area contributed by atoms with Gasteiger partial charge in [-0.3, -0.25) is 19.0 Å². The highest BCUT2D eigenvalue weighted by molar-refractivity contribution is 7.92. The van der Waals surface area contributed by atoms with E-state index < -0.39 is 39.4 Å². The number of nitrogens with zero attached hydrogens (tertiary/aromatic N) is 2. The summed E-state index contributed by atoms with van der Waals surface area (Å²) in [4.78, 5) is 38.5. The summed E-state index contributed by atoms with van der Waals surface area (Å²) in [6.07, 6.45) is -1.37. The van der Waals surface area contributed by atoms with Crippen LogP contribution in [0.1, 0.15) is 23.0 Å². The first-order valence-electron chi connectivity index (χ1n) is 11.8. The van der Waals surface area contributed by atoms with E-state index >= 15 is 0 Å². The molecule has 0 fully saturated rings. The summed E-state index contributed by atoms with van der Waals surface area (Å²) in [6.45, 7) is 2.95. The molecule has 10 nitrogen and oxygen atoms in total. The van der Waals surface area contributed by atoms with Crippen molar-refractivity contribution >= 4 is 44.9 Å². The number of aromatic nitrogens is 2. The third-order valence-electron chi connectivity index (χ3n) is 6.02. The summed E-state index contributed by atoms with van der Waals surface area (Å²) in [7, 11) is -2.51. The van der Waals surface area contributed by atoms with Gasteiger partial charge in [-0.1, -0.05) is 29.8 Å². The lowest BCUT2D eigenvalue weighted by molar-refractivity contribution is -0.123. The van der Waals surface area contributed by atoms with Gasteiger partial charge >= 0.3 is 5.97 Å². The fourth-order valence-corrected chi connectivity index (χ4v) is 5.05. The van der Waals surface area contributed by atoms with E-state index in [-0.39, 0.29) is 26.9 Å². The number of carbonyl (C=O) groups is 2. The lowest BCUT2D eigenvalue weighted by Gasteiger charge is -2.14. The Morgan fingerprint density at radius 3 is 2.33 bits per heavy atom. The van der Waals surface area contributed by atoms with Crippen LogP contribution in [0.2, 0.25) is 5.02 Å². The summed E-state index contributed by atoms with van der Waals surface area (Å²) in [5.74, 6) is -2.38. The lowest BCUT2D eigenvalue weighted by Crippen LogP contribution is -2.32. The standard InChI is InChI=1S/C27H24ClFN4O6S/c1-16-24(26(35)33(32(16)3)20-7-5-4-6-8-20)30-25(34)17(2)39-27(36)22-15-21(13-14-23(22)28)40(37,38)31-19-11-9-18(29)10-12-19/h4-15,17,31H,1-3H3,(H,30,34). The van der Waals surface area contributed by atoms with Gasteiger partial charge in [0.15, 0.2) is 6.10 Å². The molecule has 1 amide bonds. The van der Waals surface area contributed by atoms with Crippen LogP contribution in [0.15, 0.2) is 82.5 Å². The van der Waals surface area contributed by atoms with Crippen LogP contribution in [0.25, 0.3) is 5.69 Å². The SMILES string of the molecule is Cc1c(NC(=O)C(C)OC(=O)c2cc(S(=O)(=O)Nc3ccc(F)cc3)ccc2Cl)c(=O)n(-c2ccccc2)n1C. The first-order chi connectivity index (χ1) is 18.9. The van der Waals surface area contributed by atoms with Gasteiger partial charge in [0.1, 0.15) is 11.5 Å². The molecule has 0 saturated carbocycles. The Morgan fingerprint density at radius 2 is 1.68 bits per heavy atom. The topological polar surface area (TPSA) is 128 Å². The smallest absolute Gasteiger partial charge is 0.340 e. The lowest BCUT2D eigenvalue weighted by atomic mass is 10.2. The summed E-state index contributed by atoms with van der Waals surface area (Å²) < 4.78 is 49.2. The molecule has 4 aromatic rings. The van der Waals surface area contributed by atoms with Crippen LogP contribution in [-0.4, -0.2) is 35.8 Å². The first kappa shape index (κ1) is 28.6. The number of para-hydroxylation sites is 1. The third kappa shape index (κ3) is 5.92. The minimum atomic E-state index is -4.18. The molecular weight excluding hydrogens is 563 g/mol. The summed E-state index contributed by atoms with van der Waals surface area (Å²) in [6, 6.07) is 16.9. The molecule has 0 aliphatic heterocycles. The van der Waals surface area contributed by atoms with Crippen molar-refractivity contribution in [2.45, 2.75) is 24.8 Å². The average Bonchev–Trinajstić information content (AvgIpc) is 3.13. The fourth-order valence-electron chi connectivity index (χ4n) is 3.77. The number of halogens is 2. The molecule has 1 atom stereocenters. The predicted octanol–water partition coefficient (Wildman–Crippen LogP) is 4.26. The molecule has 40 heavy (non-hydrogen) atoms. The van der Waals surface area contributed by atoms with Crippen LogP contribution in [-0.2, 0) is 26.6 Å². The average molecular weight is 587 g/mol. The third-order valence-corrected chi connectivity index (χ3v) is 7.73. The maximum absolute atomic E-state index is 13.2. The first-order valence-corrected chi connectivity index (χ1v) is 13.7. The van der Waals surface area contributed by atoms with E-state index in [9.17, 15) is 27.2 Å². The van der Waals surface area contributed by atoms with Crippen molar-refractivity contribution < 1.29 is 27.1 Å². The number of anilines is 2. The molecule has 0 radical (unpaired) electrons. The van der Waals surface area contributed by atoms with Gasteiger partial charge < -0.3 is 10.1 Å². The van der Waals surface area contributed by atoms with Crippen molar-refractivity contribution in [3.8, 4) is 5.69 Å².